The van der Waals surface area contributed by atoms with Crippen LogP contribution < -0.4 is 5.32 Å². The predicted molar refractivity (Wildman–Crippen MR) is 100 cm³/mol. The maximum atomic E-state index is 13.2. The van der Waals surface area contributed by atoms with E-state index in [0.29, 0.717) is 13.0 Å². The van der Waals surface area contributed by atoms with Crippen molar-refractivity contribution < 1.29 is 27.5 Å². The van der Waals surface area contributed by atoms with Crippen LogP contribution in [0.3, 0.4) is 0 Å². The van der Waals surface area contributed by atoms with Crippen molar-refractivity contribution in [3.05, 3.63) is 35.4 Å². The molecule has 3 rings (SSSR count). The average Bonchev–Trinajstić information content (AvgIpc) is 3.11. The molecule has 0 radical (unpaired) electrons. The molecule has 0 aromatic heterocycles. The first kappa shape index (κ1) is 21.6. The summed E-state index contributed by atoms with van der Waals surface area (Å²) >= 11 is 0. The van der Waals surface area contributed by atoms with E-state index in [1.54, 1.807) is 0 Å². The van der Waals surface area contributed by atoms with Crippen molar-refractivity contribution >= 4 is 11.9 Å². The molecule has 2 aliphatic rings. The molecular formula is C20H26F3N3O3. The van der Waals surface area contributed by atoms with Crippen LogP contribution in [0.1, 0.15) is 35.2 Å². The van der Waals surface area contributed by atoms with E-state index in [2.05, 4.69) is 10.2 Å². The number of carbonyl (C=O) groups excluding carboxylic acids is 2. The van der Waals surface area contributed by atoms with Crippen LogP contribution in [-0.4, -0.2) is 73.6 Å². The lowest BCUT2D eigenvalue weighted by atomic mass is 10.0. The standard InChI is InChI=1S/C20H26F3N3O3/c1-25-9-7-14(8-10-25)26-12-13(11-17(26)19(28)29-2)24-18(27)15-5-3-4-6-16(15)20(21,22)23/h3-6,13-14,17H,7-12H2,1-2H3,(H,24,27)/t13-,17-/m0/s1. The minimum absolute atomic E-state index is 0.180. The number of benzene rings is 1. The molecule has 160 valence electrons. The van der Waals surface area contributed by atoms with Gasteiger partial charge in [-0.15, -0.1) is 0 Å². The van der Waals surface area contributed by atoms with E-state index in [4.69, 9.17) is 4.74 Å². The van der Waals surface area contributed by atoms with Gasteiger partial charge in [-0.25, -0.2) is 0 Å². The van der Waals surface area contributed by atoms with Gasteiger partial charge >= 0.3 is 12.1 Å². The third-order valence-electron chi connectivity index (χ3n) is 5.78. The Hall–Kier alpha value is -2.13. The molecule has 0 bridgehead atoms. The van der Waals surface area contributed by atoms with Crippen molar-refractivity contribution in [1.29, 1.82) is 0 Å². The molecule has 29 heavy (non-hydrogen) atoms. The zero-order valence-corrected chi connectivity index (χ0v) is 16.5. The highest BCUT2D eigenvalue weighted by atomic mass is 19.4. The van der Waals surface area contributed by atoms with Gasteiger partial charge in [-0.05, 0) is 51.5 Å². The molecule has 0 aliphatic carbocycles. The van der Waals surface area contributed by atoms with Gasteiger partial charge in [-0.2, -0.15) is 13.2 Å². The Kier molecular flexibility index (Phi) is 6.48. The zero-order chi connectivity index (χ0) is 21.2. The molecule has 1 aromatic carbocycles. The molecule has 0 spiro atoms. The number of amides is 1. The van der Waals surface area contributed by atoms with E-state index >= 15 is 0 Å². The van der Waals surface area contributed by atoms with Gasteiger partial charge in [0.1, 0.15) is 6.04 Å². The van der Waals surface area contributed by atoms with Crippen LogP contribution in [0, 0.1) is 0 Å². The molecule has 0 saturated carbocycles. The third kappa shape index (κ3) is 4.90. The lowest BCUT2D eigenvalue weighted by molar-refractivity contribution is -0.147. The highest BCUT2D eigenvalue weighted by Gasteiger charge is 2.43. The maximum Gasteiger partial charge on any atom is 0.417 e. The summed E-state index contributed by atoms with van der Waals surface area (Å²) in [4.78, 5) is 29.1. The van der Waals surface area contributed by atoms with Gasteiger partial charge in [0.25, 0.3) is 5.91 Å². The Morgan fingerprint density at radius 2 is 1.83 bits per heavy atom. The van der Waals surface area contributed by atoms with Crippen LogP contribution in [0.4, 0.5) is 13.2 Å². The largest absolute Gasteiger partial charge is 0.468 e. The normalized spacial score (nSPS) is 24.4. The fourth-order valence-corrected chi connectivity index (χ4v) is 4.25. The van der Waals surface area contributed by atoms with Crippen molar-refractivity contribution in [3.63, 3.8) is 0 Å². The van der Waals surface area contributed by atoms with Crippen molar-refractivity contribution in [2.75, 3.05) is 33.8 Å². The number of halogens is 3. The Bertz CT molecular complexity index is 748. The molecule has 2 heterocycles. The lowest BCUT2D eigenvalue weighted by Crippen LogP contribution is -2.49. The summed E-state index contributed by atoms with van der Waals surface area (Å²) in [6.45, 7) is 2.23. The molecule has 2 fully saturated rings. The number of ether oxygens (including phenoxy) is 1. The number of esters is 1. The number of hydrogen-bond donors (Lipinski definition) is 1. The van der Waals surface area contributed by atoms with Crippen LogP contribution in [-0.2, 0) is 15.7 Å². The average molecular weight is 413 g/mol. The van der Waals surface area contributed by atoms with Gasteiger partial charge in [0.15, 0.2) is 0 Å². The Morgan fingerprint density at radius 3 is 2.45 bits per heavy atom. The molecule has 6 nitrogen and oxygen atoms in total. The van der Waals surface area contributed by atoms with Crippen molar-refractivity contribution in [3.8, 4) is 0 Å². The van der Waals surface area contributed by atoms with E-state index in [1.165, 1.54) is 25.3 Å². The molecule has 9 heteroatoms. The van der Waals surface area contributed by atoms with Crippen LogP contribution in [0.2, 0.25) is 0 Å². The summed E-state index contributed by atoms with van der Waals surface area (Å²) in [6, 6.07) is 3.97. The van der Waals surface area contributed by atoms with E-state index in [9.17, 15) is 22.8 Å². The van der Waals surface area contributed by atoms with Crippen LogP contribution >= 0.6 is 0 Å². The second-order valence-corrected chi connectivity index (χ2v) is 7.72. The van der Waals surface area contributed by atoms with Gasteiger partial charge in [-0.3, -0.25) is 14.5 Å². The minimum Gasteiger partial charge on any atom is -0.468 e. The highest BCUT2D eigenvalue weighted by Crippen LogP contribution is 2.32. The highest BCUT2D eigenvalue weighted by molar-refractivity contribution is 5.96. The third-order valence-corrected chi connectivity index (χ3v) is 5.78. The Labute approximate surface area is 168 Å². The fraction of sp³-hybridized carbons (Fsp3) is 0.600. The molecule has 2 aliphatic heterocycles. The van der Waals surface area contributed by atoms with Crippen LogP contribution in [0.15, 0.2) is 24.3 Å². The predicted octanol–water partition coefficient (Wildman–Crippen LogP) is 2.15. The van der Waals surface area contributed by atoms with Crippen LogP contribution in [0.25, 0.3) is 0 Å². The molecular weight excluding hydrogens is 387 g/mol. The number of piperidine rings is 1. The summed E-state index contributed by atoms with van der Waals surface area (Å²) < 4.78 is 44.6. The fourth-order valence-electron chi connectivity index (χ4n) is 4.25. The topological polar surface area (TPSA) is 61.9 Å². The Morgan fingerprint density at radius 1 is 1.17 bits per heavy atom. The number of likely N-dealkylation sites (tertiary alicyclic amines) is 2. The number of carbonyl (C=O) groups is 2. The van der Waals surface area contributed by atoms with Crippen LogP contribution in [0.5, 0.6) is 0 Å². The number of nitrogens with one attached hydrogen (secondary N) is 1. The number of rotatable bonds is 4. The first-order valence-electron chi connectivity index (χ1n) is 9.70. The first-order valence-corrected chi connectivity index (χ1v) is 9.70. The molecule has 1 aromatic rings. The van der Waals surface area contributed by atoms with Gasteiger partial charge in [0.05, 0.1) is 18.2 Å². The molecule has 2 saturated heterocycles. The molecule has 2 atom stereocenters. The van der Waals surface area contributed by atoms with E-state index in [-0.39, 0.29) is 12.0 Å². The quantitative estimate of drug-likeness (QED) is 0.767. The second-order valence-electron chi connectivity index (χ2n) is 7.72. The van der Waals surface area contributed by atoms with Crippen molar-refractivity contribution in [1.82, 2.24) is 15.1 Å². The summed E-state index contributed by atoms with van der Waals surface area (Å²) in [5.74, 6) is -1.16. The van der Waals surface area contributed by atoms with Gasteiger partial charge in [0, 0.05) is 18.6 Å². The smallest absolute Gasteiger partial charge is 0.417 e. The van der Waals surface area contributed by atoms with Crippen molar-refractivity contribution in [2.45, 2.75) is 43.6 Å². The minimum atomic E-state index is -4.61. The summed E-state index contributed by atoms with van der Waals surface area (Å²) in [6.07, 6.45) is -2.51. The Balaban J connectivity index is 1.73. The lowest BCUT2D eigenvalue weighted by Gasteiger charge is -2.37. The number of hydrogen-bond acceptors (Lipinski definition) is 5. The van der Waals surface area contributed by atoms with Gasteiger partial charge in [0.2, 0.25) is 0 Å². The van der Waals surface area contributed by atoms with E-state index in [0.717, 1.165) is 32.0 Å². The summed E-state index contributed by atoms with van der Waals surface area (Å²) in [7, 11) is 3.36. The maximum absolute atomic E-state index is 13.2. The monoisotopic (exact) mass is 413 g/mol. The molecule has 1 amide bonds. The number of alkyl halides is 3. The summed E-state index contributed by atoms with van der Waals surface area (Å²) in [5, 5.41) is 2.70. The van der Waals surface area contributed by atoms with Gasteiger partial charge in [-0.1, -0.05) is 12.1 Å². The molecule has 1 N–H and O–H groups in total. The van der Waals surface area contributed by atoms with Crippen molar-refractivity contribution in [2.24, 2.45) is 0 Å². The molecule has 0 unspecified atom stereocenters. The van der Waals surface area contributed by atoms with E-state index in [1.807, 2.05) is 11.9 Å². The zero-order valence-electron chi connectivity index (χ0n) is 16.5. The second kappa shape index (κ2) is 8.71. The summed E-state index contributed by atoms with van der Waals surface area (Å²) in [5.41, 5.74) is -1.38. The van der Waals surface area contributed by atoms with Gasteiger partial charge < -0.3 is 15.0 Å². The number of nitrogens with zero attached hydrogens (tertiary/aromatic N) is 2. The first-order chi connectivity index (χ1) is 13.7. The van der Waals surface area contributed by atoms with E-state index < -0.39 is 35.3 Å². The SMILES string of the molecule is COC(=O)[C@@H]1C[C@H](NC(=O)c2ccccc2C(F)(F)F)CN1C1CCN(C)CC1. The number of methoxy groups -OCH3 is 1.